The third-order valence-corrected chi connectivity index (χ3v) is 4.24. The summed E-state index contributed by atoms with van der Waals surface area (Å²) in [7, 11) is 0. The molecule has 1 unspecified atom stereocenters. The van der Waals surface area contributed by atoms with Crippen molar-refractivity contribution >= 4 is 16.7 Å². The molecule has 4 nitrogen and oxygen atoms in total. The van der Waals surface area contributed by atoms with E-state index in [0.29, 0.717) is 23.4 Å². The lowest BCUT2D eigenvalue weighted by Gasteiger charge is -2.21. The molecule has 1 fully saturated rings. The summed E-state index contributed by atoms with van der Waals surface area (Å²) in [6.45, 7) is 5.84. The van der Waals surface area contributed by atoms with Gasteiger partial charge in [-0.3, -0.25) is 0 Å². The number of fused-ring (bicyclic) bond motifs is 1. The minimum Gasteiger partial charge on any atom is -0.369 e. The number of aromatic nitrogens is 2. The number of anilines is 1. The molecule has 7 heteroatoms. The van der Waals surface area contributed by atoms with Crippen LogP contribution in [0.4, 0.5) is 19.0 Å². The van der Waals surface area contributed by atoms with Gasteiger partial charge in [-0.15, -0.1) is 0 Å². The van der Waals surface area contributed by atoms with Crippen molar-refractivity contribution in [1.29, 1.82) is 0 Å². The molecule has 1 aliphatic rings. The first-order chi connectivity index (χ1) is 11.4. The Kier molecular flexibility index (Phi) is 4.89. The maximum absolute atomic E-state index is 13.0. The van der Waals surface area contributed by atoms with Crippen LogP contribution in [0.3, 0.4) is 0 Å². The molecule has 0 bridgehead atoms. The highest BCUT2D eigenvalue weighted by Crippen LogP contribution is 2.30. The van der Waals surface area contributed by atoms with E-state index in [2.05, 4.69) is 27.1 Å². The Bertz CT molecular complexity index is 696. The molecule has 0 spiro atoms. The van der Waals surface area contributed by atoms with Gasteiger partial charge in [-0.2, -0.15) is 13.2 Å². The van der Waals surface area contributed by atoms with E-state index in [9.17, 15) is 13.2 Å². The summed E-state index contributed by atoms with van der Waals surface area (Å²) in [6.07, 6.45) is -2.10. The van der Waals surface area contributed by atoms with Crippen molar-refractivity contribution in [3.63, 3.8) is 0 Å². The highest BCUT2D eigenvalue weighted by molar-refractivity contribution is 5.89. The van der Waals surface area contributed by atoms with Gasteiger partial charge in [0.1, 0.15) is 5.82 Å². The van der Waals surface area contributed by atoms with Crippen LogP contribution in [0.15, 0.2) is 24.3 Å². The van der Waals surface area contributed by atoms with Crippen molar-refractivity contribution in [2.24, 2.45) is 5.92 Å². The maximum atomic E-state index is 13.0. The molecule has 1 aromatic carbocycles. The van der Waals surface area contributed by atoms with Gasteiger partial charge < -0.3 is 10.2 Å². The minimum absolute atomic E-state index is 0.251. The summed E-state index contributed by atoms with van der Waals surface area (Å²) in [4.78, 5) is 9.74. The first kappa shape index (κ1) is 17.0. The number of para-hydroxylation sites is 1. The number of halogens is 3. The Balaban J connectivity index is 1.77. The van der Waals surface area contributed by atoms with E-state index in [4.69, 9.17) is 0 Å². The van der Waals surface area contributed by atoms with Gasteiger partial charge in [-0.25, -0.2) is 9.97 Å². The molecule has 1 N–H and O–H groups in total. The smallest absolute Gasteiger partial charge is 0.369 e. The average molecular weight is 338 g/mol. The summed E-state index contributed by atoms with van der Waals surface area (Å²) >= 11 is 0. The third kappa shape index (κ3) is 3.95. The lowest BCUT2D eigenvalue weighted by Crippen LogP contribution is -2.29. The maximum Gasteiger partial charge on any atom is 0.451 e. The molecule has 0 radical (unpaired) electrons. The molecule has 130 valence electrons. The predicted molar refractivity (Wildman–Crippen MR) is 87.9 cm³/mol. The number of benzene rings is 1. The Labute approximate surface area is 139 Å². The predicted octanol–water partition coefficient (Wildman–Crippen LogP) is 3.79. The van der Waals surface area contributed by atoms with Gasteiger partial charge in [0.25, 0.3) is 0 Å². The molecule has 3 rings (SSSR count). The zero-order chi connectivity index (χ0) is 17.2. The van der Waals surface area contributed by atoms with Gasteiger partial charge in [0.15, 0.2) is 0 Å². The van der Waals surface area contributed by atoms with Gasteiger partial charge in [0.05, 0.1) is 5.52 Å². The largest absolute Gasteiger partial charge is 0.451 e. The molecule has 1 aliphatic heterocycles. The second kappa shape index (κ2) is 6.93. The van der Waals surface area contributed by atoms with E-state index in [1.165, 1.54) is 12.8 Å². The highest BCUT2D eigenvalue weighted by atomic mass is 19.4. The number of hydrogen-bond acceptors (Lipinski definition) is 4. The van der Waals surface area contributed by atoms with Gasteiger partial charge in [-0.05, 0) is 44.0 Å². The fourth-order valence-electron chi connectivity index (χ4n) is 3.08. The quantitative estimate of drug-likeness (QED) is 0.900. The Morgan fingerprint density at radius 1 is 1.17 bits per heavy atom. The molecule has 0 amide bonds. The molecule has 0 aliphatic carbocycles. The molecule has 1 aromatic heterocycles. The summed E-state index contributed by atoms with van der Waals surface area (Å²) in [5, 5.41) is 3.71. The lowest BCUT2D eigenvalue weighted by molar-refractivity contribution is -0.144. The summed E-state index contributed by atoms with van der Waals surface area (Å²) in [5.74, 6) is -0.525. The normalized spacial score (nSPS) is 17.3. The SMILES string of the molecule is CC(CNc1nc(C(F)(F)F)nc2ccccc12)CN1CCCC1. The highest BCUT2D eigenvalue weighted by Gasteiger charge is 2.35. The van der Waals surface area contributed by atoms with E-state index in [1.807, 2.05) is 0 Å². The van der Waals surface area contributed by atoms with Gasteiger partial charge in [0, 0.05) is 18.5 Å². The summed E-state index contributed by atoms with van der Waals surface area (Å²) in [5.41, 5.74) is 0.300. The van der Waals surface area contributed by atoms with E-state index in [0.717, 1.165) is 19.6 Å². The van der Waals surface area contributed by atoms with E-state index < -0.39 is 12.0 Å². The molecular weight excluding hydrogens is 317 g/mol. The van der Waals surface area contributed by atoms with Crippen molar-refractivity contribution in [2.75, 3.05) is 31.5 Å². The lowest BCUT2D eigenvalue weighted by atomic mass is 10.1. The first-order valence-electron chi connectivity index (χ1n) is 8.23. The minimum atomic E-state index is -4.55. The zero-order valence-electron chi connectivity index (χ0n) is 13.6. The van der Waals surface area contributed by atoms with Crippen LogP contribution >= 0.6 is 0 Å². The Morgan fingerprint density at radius 2 is 1.88 bits per heavy atom. The average Bonchev–Trinajstić information content (AvgIpc) is 3.04. The molecule has 0 saturated carbocycles. The van der Waals surface area contributed by atoms with E-state index in [1.54, 1.807) is 24.3 Å². The van der Waals surface area contributed by atoms with Crippen LogP contribution in [0.1, 0.15) is 25.6 Å². The monoisotopic (exact) mass is 338 g/mol. The number of hydrogen-bond donors (Lipinski definition) is 1. The molecule has 24 heavy (non-hydrogen) atoms. The number of nitrogens with one attached hydrogen (secondary N) is 1. The van der Waals surface area contributed by atoms with Crippen LogP contribution in [-0.2, 0) is 6.18 Å². The third-order valence-electron chi connectivity index (χ3n) is 4.24. The Morgan fingerprint density at radius 3 is 2.58 bits per heavy atom. The summed E-state index contributed by atoms with van der Waals surface area (Å²) < 4.78 is 39.0. The van der Waals surface area contributed by atoms with Crippen LogP contribution in [0.2, 0.25) is 0 Å². The van der Waals surface area contributed by atoms with Crippen LogP contribution in [-0.4, -0.2) is 41.0 Å². The van der Waals surface area contributed by atoms with Crippen molar-refractivity contribution in [2.45, 2.75) is 25.9 Å². The van der Waals surface area contributed by atoms with Crippen molar-refractivity contribution in [1.82, 2.24) is 14.9 Å². The van der Waals surface area contributed by atoms with Gasteiger partial charge in [-0.1, -0.05) is 19.1 Å². The standard InChI is InChI=1S/C17H21F3N4/c1-12(11-24-8-4-5-9-24)10-21-15-13-6-2-3-7-14(13)22-16(23-15)17(18,19)20/h2-3,6-7,12H,4-5,8-11H2,1H3,(H,21,22,23). The Hall–Kier alpha value is -1.89. The van der Waals surface area contributed by atoms with Crippen LogP contribution < -0.4 is 5.32 Å². The number of alkyl halides is 3. The topological polar surface area (TPSA) is 41.1 Å². The van der Waals surface area contributed by atoms with Crippen LogP contribution in [0, 0.1) is 5.92 Å². The summed E-state index contributed by atoms with van der Waals surface area (Å²) in [6, 6.07) is 6.76. The molecule has 2 aromatic rings. The van der Waals surface area contributed by atoms with Crippen molar-refractivity contribution < 1.29 is 13.2 Å². The molecule has 1 atom stereocenters. The first-order valence-corrected chi connectivity index (χ1v) is 8.23. The zero-order valence-corrected chi connectivity index (χ0v) is 13.6. The number of rotatable bonds is 5. The van der Waals surface area contributed by atoms with Crippen molar-refractivity contribution in [3.8, 4) is 0 Å². The van der Waals surface area contributed by atoms with Crippen molar-refractivity contribution in [3.05, 3.63) is 30.1 Å². The van der Waals surface area contributed by atoms with Gasteiger partial charge >= 0.3 is 6.18 Å². The number of nitrogens with zero attached hydrogens (tertiary/aromatic N) is 3. The second-order valence-electron chi connectivity index (χ2n) is 6.40. The molecule has 1 saturated heterocycles. The fraction of sp³-hybridized carbons (Fsp3) is 0.529. The van der Waals surface area contributed by atoms with E-state index in [-0.39, 0.29) is 5.82 Å². The van der Waals surface area contributed by atoms with Crippen LogP contribution in [0.5, 0.6) is 0 Å². The van der Waals surface area contributed by atoms with Crippen LogP contribution in [0.25, 0.3) is 10.9 Å². The van der Waals surface area contributed by atoms with Gasteiger partial charge in [0.2, 0.25) is 5.82 Å². The number of likely N-dealkylation sites (tertiary alicyclic amines) is 1. The fourth-order valence-corrected chi connectivity index (χ4v) is 3.08. The molecular formula is C17H21F3N4. The second-order valence-corrected chi connectivity index (χ2v) is 6.40. The van der Waals surface area contributed by atoms with E-state index >= 15 is 0 Å². The molecule has 2 heterocycles.